The van der Waals surface area contributed by atoms with Crippen LogP contribution in [0.3, 0.4) is 0 Å². The summed E-state index contributed by atoms with van der Waals surface area (Å²) in [6, 6.07) is 1.47. The van der Waals surface area contributed by atoms with Crippen molar-refractivity contribution in [2.24, 2.45) is 0 Å². The van der Waals surface area contributed by atoms with Gasteiger partial charge < -0.3 is 14.3 Å². The zero-order chi connectivity index (χ0) is 18.1. The van der Waals surface area contributed by atoms with E-state index in [1.807, 2.05) is 0 Å². The molecule has 0 aliphatic carbocycles. The standard InChI is InChI=1S/C16H21N5O4S/c22-16(20-6-4-5-7-20)15-19-18-14(25-15)13-10-12(11-17-13)26(23,24)21-8-2-1-3-9-21/h10-11,17H,1-9H2. The van der Waals surface area contributed by atoms with Crippen LogP contribution in [0.5, 0.6) is 0 Å². The summed E-state index contributed by atoms with van der Waals surface area (Å²) in [4.78, 5) is 17.0. The Hall–Kier alpha value is -2.20. The summed E-state index contributed by atoms with van der Waals surface area (Å²) in [5, 5.41) is 7.69. The van der Waals surface area contributed by atoms with Crippen molar-refractivity contribution in [3.05, 3.63) is 18.2 Å². The summed E-state index contributed by atoms with van der Waals surface area (Å²) in [5.41, 5.74) is 0.383. The normalized spacial score (nSPS) is 19.2. The molecule has 2 aliphatic rings. The van der Waals surface area contributed by atoms with Crippen LogP contribution in [0.4, 0.5) is 0 Å². The fraction of sp³-hybridized carbons (Fsp3) is 0.562. The third-order valence-corrected chi connectivity index (χ3v) is 6.72. The second kappa shape index (κ2) is 6.84. The Morgan fingerprint density at radius 3 is 2.46 bits per heavy atom. The number of amides is 1. The maximum atomic E-state index is 12.7. The van der Waals surface area contributed by atoms with E-state index in [1.54, 1.807) is 4.90 Å². The number of hydrogen-bond donors (Lipinski definition) is 1. The minimum atomic E-state index is -3.53. The van der Waals surface area contributed by atoms with Crippen molar-refractivity contribution in [1.29, 1.82) is 0 Å². The Morgan fingerprint density at radius 1 is 1.04 bits per heavy atom. The Morgan fingerprint density at radius 2 is 1.73 bits per heavy atom. The Kier molecular flexibility index (Phi) is 4.53. The SMILES string of the molecule is O=C(c1nnc(-c2cc(S(=O)(=O)N3CCCCC3)c[nH]2)o1)N1CCCC1. The molecule has 2 fully saturated rings. The maximum Gasteiger partial charge on any atom is 0.311 e. The second-order valence-corrected chi connectivity index (χ2v) is 8.56. The maximum absolute atomic E-state index is 12.7. The molecule has 0 aromatic carbocycles. The summed E-state index contributed by atoms with van der Waals surface area (Å²) in [7, 11) is -3.53. The molecule has 9 nitrogen and oxygen atoms in total. The van der Waals surface area contributed by atoms with Crippen molar-refractivity contribution in [3.8, 4) is 11.6 Å². The van der Waals surface area contributed by atoms with Crippen LogP contribution >= 0.6 is 0 Å². The van der Waals surface area contributed by atoms with E-state index in [0.717, 1.165) is 32.1 Å². The van der Waals surface area contributed by atoms with Crippen LogP contribution in [0.25, 0.3) is 11.6 Å². The summed E-state index contributed by atoms with van der Waals surface area (Å²) >= 11 is 0. The van der Waals surface area contributed by atoms with Gasteiger partial charge in [-0.15, -0.1) is 10.2 Å². The van der Waals surface area contributed by atoms with Crippen molar-refractivity contribution >= 4 is 15.9 Å². The predicted molar refractivity (Wildman–Crippen MR) is 91.8 cm³/mol. The number of nitrogens with one attached hydrogen (secondary N) is 1. The lowest BCUT2D eigenvalue weighted by Crippen LogP contribution is -2.35. The van der Waals surface area contributed by atoms with Gasteiger partial charge in [0.1, 0.15) is 10.6 Å². The molecule has 2 aromatic rings. The lowest BCUT2D eigenvalue weighted by molar-refractivity contribution is 0.0754. The van der Waals surface area contributed by atoms with E-state index in [1.165, 1.54) is 16.6 Å². The smallest absolute Gasteiger partial charge is 0.311 e. The molecule has 1 N–H and O–H groups in total. The molecule has 0 spiro atoms. The minimum Gasteiger partial charge on any atom is -0.411 e. The van der Waals surface area contributed by atoms with Gasteiger partial charge in [-0.2, -0.15) is 4.31 Å². The Labute approximate surface area is 151 Å². The Balaban J connectivity index is 1.54. The van der Waals surface area contributed by atoms with Gasteiger partial charge in [0.05, 0.1) is 0 Å². The molecule has 4 heterocycles. The molecule has 140 valence electrons. The van der Waals surface area contributed by atoms with Gasteiger partial charge in [0.2, 0.25) is 10.0 Å². The van der Waals surface area contributed by atoms with Gasteiger partial charge in [-0.1, -0.05) is 6.42 Å². The van der Waals surface area contributed by atoms with Crippen molar-refractivity contribution in [2.75, 3.05) is 26.2 Å². The average Bonchev–Trinajstić information content (AvgIpc) is 3.42. The predicted octanol–water partition coefficient (Wildman–Crippen LogP) is 1.48. The number of carbonyl (C=O) groups is 1. The van der Waals surface area contributed by atoms with Crippen LogP contribution in [0.15, 0.2) is 21.6 Å². The number of aromatic amines is 1. The molecule has 10 heteroatoms. The highest BCUT2D eigenvalue weighted by molar-refractivity contribution is 7.89. The molecular weight excluding hydrogens is 358 g/mol. The van der Waals surface area contributed by atoms with Crippen molar-refractivity contribution in [2.45, 2.75) is 37.0 Å². The third-order valence-electron chi connectivity index (χ3n) is 4.84. The summed E-state index contributed by atoms with van der Waals surface area (Å²) in [5.74, 6) is -0.251. The van der Waals surface area contributed by atoms with E-state index in [-0.39, 0.29) is 22.6 Å². The monoisotopic (exact) mass is 379 g/mol. The number of piperidine rings is 1. The first-order valence-corrected chi connectivity index (χ1v) is 10.3. The fourth-order valence-corrected chi connectivity index (χ4v) is 4.89. The van der Waals surface area contributed by atoms with Gasteiger partial charge >= 0.3 is 11.8 Å². The fourth-order valence-electron chi connectivity index (χ4n) is 3.38. The quantitative estimate of drug-likeness (QED) is 0.861. The molecule has 2 aliphatic heterocycles. The first kappa shape index (κ1) is 17.2. The number of aromatic nitrogens is 3. The molecule has 26 heavy (non-hydrogen) atoms. The van der Waals surface area contributed by atoms with Crippen molar-refractivity contribution < 1.29 is 17.6 Å². The minimum absolute atomic E-state index is 0.0723. The molecule has 0 atom stereocenters. The number of rotatable bonds is 4. The van der Waals surface area contributed by atoms with Crippen LogP contribution in [0, 0.1) is 0 Å². The molecule has 2 aromatic heterocycles. The number of likely N-dealkylation sites (tertiary alicyclic amines) is 1. The molecule has 0 radical (unpaired) electrons. The van der Waals surface area contributed by atoms with Crippen LogP contribution in [-0.2, 0) is 10.0 Å². The number of sulfonamides is 1. The van der Waals surface area contributed by atoms with Crippen LogP contribution in [-0.4, -0.2) is 64.9 Å². The van der Waals surface area contributed by atoms with Gasteiger partial charge in [-0.05, 0) is 31.7 Å². The van der Waals surface area contributed by atoms with E-state index in [0.29, 0.717) is 31.9 Å². The highest BCUT2D eigenvalue weighted by Crippen LogP contribution is 2.25. The highest BCUT2D eigenvalue weighted by Gasteiger charge is 2.28. The number of carbonyl (C=O) groups excluding carboxylic acids is 1. The van der Waals surface area contributed by atoms with Gasteiger partial charge in [0.25, 0.3) is 5.89 Å². The topological polar surface area (TPSA) is 112 Å². The lowest BCUT2D eigenvalue weighted by Gasteiger charge is -2.25. The molecule has 4 rings (SSSR count). The summed E-state index contributed by atoms with van der Waals surface area (Å²) < 4.78 is 32.4. The molecule has 0 bridgehead atoms. The van der Waals surface area contributed by atoms with E-state index in [2.05, 4.69) is 15.2 Å². The second-order valence-electron chi connectivity index (χ2n) is 6.63. The average molecular weight is 379 g/mol. The molecule has 0 unspecified atom stereocenters. The molecule has 0 saturated carbocycles. The van der Waals surface area contributed by atoms with E-state index < -0.39 is 10.0 Å². The van der Waals surface area contributed by atoms with E-state index in [4.69, 9.17) is 4.42 Å². The number of hydrogen-bond acceptors (Lipinski definition) is 6. The van der Waals surface area contributed by atoms with Crippen LogP contribution < -0.4 is 0 Å². The van der Waals surface area contributed by atoms with E-state index >= 15 is 0 Å². The van der Waals surface area contributed by atoms with Gasteiger partial charge in [0.15, 0.2) is 0 Å². The first-order valence-electron chi connectivity index (χ1n) is 8.87. The lowest BCUT2D eigenvalue weighted by atomic mass is 10.2. The largest absolute Gasteiger partial charge is 0.411 e. The number of H-pyrrole nitrogens is 1. The van der Waals surface area contributed by atoms with Crippen LogP contribution in [0.2, 0.25) is 0 Å². The van der Waals surface area contributed by atoms with Gasteiger partial charge in [-0.25, -0.2) is 8.42 Å². The van der Waals surface area contributed by atoms with Gasteiger partial charge in [-0.3, -0.25) is 4.79 Å². The molecule has 1 amide bonds. The summed E-state index contributed by atoms with van der Waals surface area (Å²) in [6.07, 6.45) is 6.18. The van der Waals surface area contributed by atoms with Crippen LogP contribution in [0.1, 0.15) is 42.8 Å². The third kappa shape index (κ3) is 3.14. The highest BCUT2D eigenvalue weighted by atomic mass is 32.2. The van der Waals surface area contributed by atoms with Gasteiger partial charge in [0, 0.05) is 32.4 Å². The van der Waals surface area contributed by atoms with E-state index in [9.17, 15) is 13.2 Å². The first-order chi connectivity index (χ1) is 12.6. The summed E-state index contributed by atoms with van der Waals surface area (Å²) in [6.45, 7) is 2.46. The zero-order valence-electron chi connectivity index (χ0n) is 14.3. The molecule has 2 saturated heterocycles. The molecular formula is C16H21N5O4S. The zero-order valence-corrected chi connectivity index (χ0v) is 15.2. The number of nitrogens with zero attached hydrogens (tertiary/aromatic N) is 4. The van der Waals surface area contributed by atoms with Crippen molar-refractivity contribution in [1.82, 2.24) is 24.4 Å². The van der Waals surface area contributed by atoms with Crippen molar-refractivity contribution in [3.63, 3.8) is 0 Å². The Bertz CT molecular complexity index is 891.